The highest BCUT2D eigenvalue weighted by molar-refractivity contribution is 5.69. The molecule has 0 aromatic carbocycles. The van der Waals surface area contributed by atoms with Crippen LogP contribution in [-0.2, 0) is 16.1 Å². The second-order valence-electron chi connectivity index (χ2n) is 4.37. The molecule has 0 saturated carbocycles. The number of nitrogen functional groups attached to an aromatic ring is 1. The van der Waals surface area contributed by atoms with Gasteiger partial charge in [-0.2, -0.15) is 15.0 Å². The van der Waals surface area contributed by atoms with E-state index in [0.29, 0.717) is 31.3 Å². The Hall–Kier alpha value is -1.96. The first-order chi connectivity index (χ1) is 8.92. The third kappa shape index (κ3) is 5.04. The summed E-state index contributed by atoms with van der Waals surface area (Å²) in [6.07, 6.45) is 0.327. The van der Waals surface area contributed by atoms with Gasteiger partial charge >= 0.3 is 5.97 Å². The number of carbonyl (C=O) groups is 1. The Labute approximate surface area is 112 Å². The van der Waals surface area contributed by atoms with E-state index in [9.17, 15) is 4.79 Å². The number of hydrogen-bond acceptors (Lipinski definition) is 8. The first kappa shape index (κ1) is 15.1. The average molecular weight is 268 g/mol. The van der Waals surface area contributed by atoms with Crippen LogP contribution in [0.15, 0.2) is 0 Å². The lowest BCUT2D eigenvalue weighted by Crippen LogP contribution is -2.24. The third-order valence-electron chi connectivity index (χ3n) is 2.42. The molecule has 1 heterocycles. The van der Waals surface area contributed by atoms with Crippen molar-refractivity contribution in [3.63, 3.8) is 0 Å². The summed E-state index contributed by atoms with van der Waals surface area (Å²) in [5.74, 6) is 1.04. The van der Waals surface area contributed by atoms with Gasteiger partial charge in [0.15, 0.2) is 0 Å². The second kappa shape index (κ2) is 6.83. The molecule has 8 nitrogen and oxygen atoms in total. The van der Waals surface area contributed by atoms with Gasteiger partial charge in [-0.25, -0.2) is 0 Å². The molecule has 0 aliphatic rings. The van der Waals surface area contributed by atoms with Crippen LogP contribution in [0.4, 0.5) is 11.9 Å². The molecule has 0 unspecified atom stereocenters. The molecule has 0 amide bonds. The standard InChI is InChI=1S/C11H20N6O2/c1-16(2)11-14-8(13-10(12)15-11)7-17(3)6-5-9(18)19-4/h5-7H2,1-4H3,(H2,12,13,14,15). The number of carbonyl (C=O) groups excluding carboxylic acids is 1. The molecule has 1 aromatic rings. The maximum Gasteiger partial charge on any atom is 0.306 e. The van der Waals surface area contributed by atoms with Crippen LogP contribution in [0.25, 0.3) is 0 Å². The Morgan fingerprint density at radius 3 is 2.53 bits per heavy atom. The van der Waals surface area contributed by atoms with Crippen molar-refractivity contribution in [2.24, 2.45) is 0 Å². The van der Waals surface area contributed by atoms with Crippen LogP contribution in [0.3, 0.4) is 0 Å². The van der Waals surface area contributed by atoms with E-state index in [1.165, 1.54) is 7.11 Å². The first-order valence-corrected chi connectivity index (χ1v) is 5.85. The summed E-state index contributed by atoms with van der Waals surface area (Å²) in [7, 11) is 6.91. The average Bonchev–Trinajstić information content (AvgIpc) is 2.35. The molecular formula is C11H20N6O2. The number of methoxy groups -OCH3 is 1. The molecule has 1 rings (SSSR count). The summed E-state index contributed by atoms with van der Waals surface area (Å²) in [5.41, 5.74) is 5.64. The summed E-state index contributed by atoms with van der Waals surface area (Å²) in [4.78, 5) is 27.1. The Morgan fingerprint density at radius 1 is 1.26 bits per heavy atom. The third-order valence-corrected chi connectivity index (χ3v) is 2.42. The van der Waals surface area contributed by atoms with E-state index in [-0.39, 0.29) is 11.9 Å². The maximum atomic E-state index is 11.0. The van der Waals surface area contributed by atoms with Gasteiger partial charge in [-0.15, -0.1) is 0 Å². The monoisotopic (exact) mass is 268 g/mol. The molecule has 0 radical (unpaired) electrons. The summed E-state index contributed by atoms with van der Waals surface area (Å²) in [6, 6.07) is 0. The normalized spacial score (nSPS) is 10.6. The van der Waals surface area contributed by atoms with Gasteiger partial charge in [0.1, 0.15) is 5.82 Å². The summed E-state index contributed by atoms with van der Waals surface area (Å²) in [6.45, 7) is 1.06. The van der Waals surface area contributed by atoms with E-state index >= 15 is 0 Å². The van der Waals surface area contributed by atoms with Gasteiger partial charge in [0.05, 0.1) is 20.1 Å². The number of hydrogen-bond donors (Lipinski definition) is 1. The van der Waals surface area contributed by atoms with E-state index in [2.05, 4.69) is 19.7 Å². The number of rotatable bonds is 6. The van der Waals surface area contributed by atoms with Gasteiger partial charge in [0.25, 0.3) is 0 Å². The zero-order valence-corrected chi connectivity index (χ0v) is 11.8. The Balaban J connectivity index is 2.63. The topological polar surface area (TPSA) is 97.5 Å². The number of aromatic nitrogens is 3. The number of nitrogens with zero attached hydrogens (tertiary/aromatic N) is 5. The van der Waals surface area contributed by atoms with Crippen molar-refractivity contribution in [1.82, 2.24) is 19.9 Å². The molecule has 0 aliphatic carbocycles. The molecule has 19 heavy (non-hydrogen) atoms. The molecule has 1 aromatic heterocycles. The fraction of sp³-hybridized carbons (Fsp3) is 0.636. The van der Waals surface area contributed by atoms with Crippen molar-refractivity contribution in [3.8, 4) is 0 Å². The van der Waals surface area contributed by atoms with Gasteiger partial charge in [0, 0.05) is 20.6 Å². The van der Waals surface area contributed by atoms with E-state index in [1.807, 2.05) is 26.0 Å². The highest BCUT2D eigenvalue weighted by Crippen LogP contribution is 2.07. The Kier molecular flexibility index (Phi) is 5.43. The highest BCUT2D eigenvalue weighted by atomic mass is 16.5. The van der Waals surface area contributed by atoms with Crippen LogP contribution in [0.5, 0.6) is 0 Å². The Bertz CT molecular complexity index is 437. The first-order valence-electron chi connectivity index (χ1n) is 5.85. The van der Waals surface area contributed by atoms with Crippen LogP contribution in [-0.4, -0.2) is 60.6 Å². The number of nitrogens with two attached hydrogens (primary N) is 1. The second-order valence-corrected chi connectivity index (χ2v) is 4.37. The lowest BCUT2D eigenvalue weighted by atomic mass is 10.4. The van der Waals surface area contributed by atoms with Gasteiger partial charge in [0.2, 0.25) is 11.9 Å². The van der Waals surface area contributed by atoms with Crippen LogP contribution < -0.4 is 10.6 Å². The minimum absolute atomic E-state index is 0.190. The predicted molar refractivity (Wildman–Crippen MR) is 71.5 cm³/mol. The molecular weight excluding hydrogens is 248 g/mol. The molecule has 8 heteroatoms. The molecule has 0 aliphatic heterocycles. The minimum Gasteiger partial charge on any atom is -0.469 e. The molecule has 0 fully saturated rings. The van der Waals surface area contributed by atoms with Crippen LogP contribution in [0, 0.1) is 0 Å². The zero-order valence-electron chi connectivity index (χ0n) is 11.8. The number of esters is 1. The molecule has 106 valence electrons. The summed E-state index contributed by atoms with van der Waals surface area (Å²) in [5, 5.41) is 0. The van der Waals surface area contributed by atoms with Crippen molar-refractivity contribution >= 4 is 17.9 Å². The largest absolute Gasteiger partial charge is 0.469 e. The fourth-order valence-electron chi connectivity index (χ4n) is 1.40. The molecule has 0 bridgehead atoms. The van der Waals surface area contributed by atoms with Crippen LogP contribution in [0.2, 0.25) is 0 Å². The van der Waals surface area contributed by atoms with Gasteiger partial charge in [-0.05, 0) is 7.05 Å². The minimum atomic E-state index is -0.240. The van der Waals surface area contributed by atoms with Crippen molar-refractivity contribution < 1.29 is 9.53 Å². The summed E-state index contributed by atoms with van der Waals surface area (Å²) < 4.78 is 4.59. The van der Waals surface area contributed by atoms with Crippen molar-refractivity contribution in [2.75, 3.05) is 45.4 Å². The summed E-state index contributed by atoms with van der Waals surface area (Å²) >= 11 is 0. The lowest BCUT2D eigenvalue weighted by Gasteiger charge is -2.16. The predicted octanol–water partition coefficient (Wildman–Crippen LogP) is -0.485. The van der Waals surface area contributed by atoms with E-state index in [4.69, 9.17) is 5.73 Å². The number of ether oxygens (including phenoxy) is 1. The van der Waals surface area contributed by atoms with Crippen LogP contribution in [0.1, 0.15) is 12.2 Å². The Morgan fingerprint density at radius 2 is 1.95 bits per heavy atom. The fourth-order valence-corrected chi connectivity index (χ4v) is 1.40. The van der Waals surface area contributed by atoms with E-state index in [0.717, 1.165) is 0 Å². The maximum absolute atomic E-state index is 11.0. The quantitative estimate of drug-likeness (QED) is 0.690. The molecule has 0 spiro atoms. The van der Waals surface area contributed by atoms with Crippen molar-refractivity contribution in [3.05, 3.63) is 5.82 Å². The van der Waals surface area contributed by atoms with Crippen LogP contribution >= 0.6 is 0 Å². The molecule has 0 saturated heterocycles. The van der Waals surface area contributed by atoms with E-state index in [1.54, 1.807) is 4.90 Å². The van der Waals surface area contributed by atoms with E-state index < -0.39 is 0 Å². The zero-order chi connectivity index (χ0) is 14.4. The van der Waals surface area contributed by atoms with Crippen molar-refractivity contribution in [2.45, 2.75) is 13.0 Å². The smallest absolute Gasteiger partial charge is 0.306 e. The highest BCUT2D eigenvalue weighted by Gasteiger charge is 2.10. The molecule has 2 N–H and O–H groups in total. The van der Waals surface area contributed by atoms with Gasteiger partial charge < -0.3 is 15.4 Å². The molecule has 0 atom stereocenters. The SMILES string of the molecule is COC(=O)CCN(C)Cc1nc(N)nc(N(C)C)n1. The van der Waals surface area contributed by atoms with Crippen molar-refractivity contribution in [1.29, 1.82) is 0 Å². The van der Waals surface area contributed by atoms with Gasteiger partial charge in [-0.3, -0.25) is 9.69 Å². The van der Waals surface area contributed by atoms with Gasteiger partial charge in [-0.1, -0.05) is 0 Å². The lowest BCUT2D eigenvalue weighted by molar-refractivity contribution is -0.140. The number of anilines is 2.